The number of rotatable bonds is 6. The number of benzene rings is 4. The maximum atomic E-state index is 10.9. The van der Waals surface area contributed by atoms with Crippen LogP contribution >= 0.6 is 0 Å². The van der Waals surface area contributed by atoms with Gasteiger partial charge < -0.3 is 4.90 Å². The van der Waals surface area contributed by atoms with E-state index < -0.39 is 0 Å². The molecule has 2 heterocycles. The first kappa shape index (κ1) is 23.1. The molecule has 0 bridgehead atoms. The van der Waals surface area contributed by atoms with E-state index in [9.17, 15) is 4.79 Å². The lowest BCUT2D eigenvalue weighted by molar-refractivity contribution is 0.250. The first-order chi connectivity index (χ1) is 18.3. The van der Waals surface area contributed by atoms with E-state index in [2.05, 4.69) is 82.6 Å². The molecule has 1 saturated heterocycles. The summed E-state index contributed by atoms with van der Waals surface area (Å²) in [5.74, 6) is 0. The van der Waals surface area contributed by atoms with Gasteiger partial charge in [0.2, 0.25) is 6.29 Å². The third-order valence-corrected chi connectivity index (χ3v) is 7.27. The highest BCUT2D eigenvalue weighted by Gasteiger charge is 2.20. The number of para-hydroxylation sites is 1. The number of pyridine rings is 1. The molecule has 1 aliphatic rings. The van der Waals surface area contributed by atoms with Gasteiger partial charge in [0, 0.05) is 61.1 Å². The van der Waals surface area contributed by atoms with Crippen molar-refractivity contribution in [3.05, 3.63) is 120 Å². The van der Waals surface area contributed by atoms with Gasteiger partial charge in [-0.05, 0) is 52.6 Å². The van der Waals surface area contributed by atoms with Gasteiger partial charge in [-0.3, -0.25) is 14.7 Å². The summed E-state index contributed by atoms with van der Waals surface area (Å²) in [4.78, 5) is 20.5. The van der Waals surface area contributed by atoms with E-state index in [-0.39, 0.29) is 0 Å². The van der Waals surface area contributed by atoms with Crippen LogP contribution in [0, 0.1) is 0 Å². The first-order valence-electron chi connectivity index (χ1n) is 12.8. The SMILES string of the molecule is O=[C]c1ccc(N2CCN(Cc3ccccc3-c3ccccc3-c3cccc4cccnc34)CC2)cc1. The van der Waals surface area contributed by atoms with Crippen molar-refractivity contribution in [2.75, 3.05) is 31.1 Å². The molecule has 6 rings (SSSR count). The fraction of sp³-hybridized carbons (Fsp3) is 0.152. The number of piperazine rings is 1. The number of fused-ring (bicyclic) bond motifs is 1. The van der Waals surface area contributed by atoms with Gasteiger partial charge in [-0.1, -0.05) is 72.8 Å². The second-order valence-electron chi connectivity index (χ2n) is 9.50. The maximum Gasteiger partial charge on any atom is 0.233 e. The third kappa shape index (κ3) is 4.76. The van der Waals surface area contributed by atoms with Crippen LogP contribution in [0.2, 0.25) is 0 Å². The summed E-state index contributed by atoms with van der Waals surface area (Å²) in [5, 5.41) is 1.15. The quantitative estimate of drug-likeness (QED) is 0.283. The summed E-state index contributed by atoms with van der Waals surface area (Å²) >= 11 is 0. The average Bonchev–Trinajstić information content (AvgIpc) is 2.98. The van der Waals surface area contributed by atoms with E-state index in [4.69, 9.17) is 4.98 Å². The summed E-state index contributed by atoms with van der Waals surface area (Å²) in [6, 6.07) is 35.7. The summed E-state index contributed by atoms with van der Waals surface area (Å²) in [7, 11) is 0. The highest BCUT2D eigenvalue weighted by Crippen LogP contribution is 2.37. The second-order valence-corrected chi connectivity index (χ2v) is 9.50. The van der Waals surface area contributed by atoms with Gasteiger partial charge in [-0.15, -0.1) is 0 Å². The first-order valence-corrected chi connectivity index (χ1v) is 12.8. The van der Waals surface area contributed by atoms with Gasteiger partial charge in [-0.25, -0.2) is 0 Å². The molecule has 37 heavy (non-hydrogen) atoms. The summed E-state index contributed by atoms with van der Waals surface area (Å²) < 4.78 is 0. The van der Waals surface area contributed by atoms with Crippen molar-refractivity contribution in [1.82, 2.24) is 9.88 Å². The standard InChI is InChI=1S/C33H28N3O/c37-24-25-14-16-28(17-15-25)36-21-19-35(20-22-36)23-27-7-1-2-10-29(27)30-11-3-4-12-31(30)32-13-5-8-26-9-6-18-34-33(26)32/h1-18H,19-23H2. The lowest BCUT2D eigenvalue weighted by Gasteiger charge is -2.36. The number of anilines is 1. The lowest BCUT2D eigenvalue weighted by atomic mass is 9.90. The van der Waals surface area contributed by atoms with Gasteiger partial charge in [0.25, 0.3) is 0 Å². The Hall–Kier alpha value is -4.28. The van der Waals surface area contributed by atoms with E-state index >= 15 is 0 Å². The zero-order valence-corrected chi connectivity index (χ0v) is 20.7. The Morgan fingerprint density at radius 2 is 1.30 bits per heavy atom. The predicted octanol–water partition coefficient (Wildman–Crippen LogP) is 6.35. The van der Waals surface area contributed by atoms with Crippen molar-refractivity contribution < 1.29 is 4.79 Å². The van der Waals surface area contributed by atoms with Crippen molar-refractivity contribution in [3.8, 4) is 22.3 Å². The Labute approximate surface area is 217 Å². The Morgan fingerprint density at radius 3 is 2.05 bits per heavy atom. The number of nitrogens with zero attached hydrogens (tertiary/aromatic N) is 3. The van der Waals surface area contributed by atoms with Gasteiger partial charge >= 0.3 is 0 Å². The monoisotopic (exact) mass is 482 g/mol. The third-order valence-electron chi connectivity index (χ3n) is 7.27. The molecule has 1 fully saturated rings. The van der Waals surface area contributed by atoms with Crippen LogP contribution in [0.3, 0.4) is 0 Å². The largest absolute Gasteiger partial charge is 0.369 e. The van der Waals surface area contributed by atoms with Crippen LogP contribution in [0.5, 0.6) is 0 Å². The van der Waals surface area contributed by atoms with Gasteiger partial charge in [0.05, 0.1) is 5.52 Å². The Balaban J connectivity index is 1.26. The molecule has 4 heteroatoms. The summed E-state index contributed by atoms with van der Waals surface area (Å²) in [6.45, 7) is 4.82. The fourth-order valence-corrected chi connectivity index (χ4v) is 5.34. The van der Waals surface area contributed by atoms with Gasteiger partial charge in [-0.2, -0.15) is 0 Å². The van der Waals surface area contributed by atoms with Crippen LogP contribution in [0.1, 0.15) is 11.1 Å². The molecule has 0 unspecified atom stereocenters. The zero-order valence-electron chi connectivity index (χ0n) is 20.7. The Kier molecular flexibility index (Phi) is 6.49. The van der Waals surface area contributed by atoms with Crippen LogP contribution < -0.4 is 4.90 Å². The van der Waals surface area contributed by atoms with Crippen molar-refractivity contribution in [2.24, 2.45) is 0 Å². The van der Waals surface area contributed by atoms with E-state index in [0.29, 0.717) is 5.56 Å². The van der Waals surface area contributed by atoms with Crippen LogP contribution in [0.15, 0.2) is 109 Å². The molecule has 4 aromatic carbocycles. The highest BCUT2D eigenvalue weighted by molar-refractivity contribution is 5.98. The molecular weight excluding hydrogens is 454 g/mol. The molecular formula is C33H28N3O. The predicted molar refractivity (Wildman–Crippen MR) is 151 cm³/mol. The minimum atomic E-state index is 0.596. The van der Waals surface area contributed by atoms with E-state index in [0.717, 1.165) is 54.9 Å². The molecule has 4 nitrogen and oxygen atoms in total. The van der Waals surface area contributed by atoms with Gasteiger partial charge in [0.1, 0.15) is 0 Å². The molecule has 1 aliphatic heterocycles. The van der Waals surface area contributed by atoms with Crippen LogP contribution in [-0.4, -0.2) is 42.3 Å². The summed E-state index contributed by atoms with van der Waals surface area (Å²) in [5.41, 5.74) is 9.01. The molecule has 0 saturated carbocycles. The average molecular weight is 483 g/mol. The van der Waals surface area contributed by atoms with E-state index in [1.165, 1.54) is 22.3 Å². The van der Waals surface area contributed by atoms with Crippen molar-refractivity contribution in [2.45, 2.75) is 6.54 Å². The number of hydrogen-bond donors (Lipinski definition) is 0. The maximum absolute atomic E-state index is 10.9. The summed E-state index contributed by atoms with van der Waals surface area (Å²) in [6.07, 6.45) is 3.83. The van der Waals surface area contributed by atoms with Crippen LogP contribution in [0.4, 0.5) is 5.69 Å². The molecule has 181 valence electrons. The smallest absolute Gasteiger partial charge is 0.233 e. The highest BCUT2D eigenvalue weighted by atomic mass is 16.1. The molecule has 1 radical (unpaired) electrons. The fourth-order valence-electron chi connectivity index (χ4n) is 5.34. The number of aromatic nitrogens is 1. The molecule has 0 aliphatic carbocycles. The second kappa shape index (κ2) is 10.4. The Morgan fingerprint density at radius 1 is 0.649 bits per heavy atom. The van der Waals surface area contributed by atoms with Crippen molar-refractivity contribution in [1.29, 1.82) is 0 Å². The van der Waals surface area contributed by atoms with Crippen LogP contribution in [-0.2, 0) is 11.3 Å². The molecule has 0 amide bonds. The Bertz CT molecular complexity index is 1530. The van der Waals surface area contributed by atoms with E-state index in [1.807, 2.05) is 42.8 Å². The van der Waals surface area contributed by atoms with Crippen molar-refractivity contribution in [3.63, 3.8) is 0 Å². The molecule has 0 N–H and O–H groups in total. The molecule has 1 aromatic heterocycles. The van der Waals surface area contributed by atoms with E-state index in [1.54, 1.807) is 0 Å². The lowest BCUT2D eigenvalue weighted by Crippen LogP contribution is -2.46. The minimum Gasteiger partial charge on any atom is -0.369 e. The normalized spacial score (nSPS) is 14.1. The number of hydrogen-bond acceptors (Lipinski definition) is 4. The van der Waals surface area contributed by atoms with Crippen molar-refractivity contribution >= 4 is 22.9 Å². The molecule has 0 spiro atoms. The number of carbonyl (C=O) groups excluding carboxylic acids is 1. The zero-order chi connectivity index (χ0) is 25.0. The molecule has 5 aromatic rings. The van der Waals surface area contributed by atoms with Gasteiger partial charge in [0.15, 0.2) is 0 Å². The molecule has 0 atom stereocenters. The minimum absolute atomic E-state index is 0.596. The van der Waals surface area contributed by atoms with Crippen LogP contribution in [0.25, 0.3) is 33.2 Å². The topological polar surface area (TPSA) is 36.4 Å².